The van der Waals surface area contributed by atoms with Gasteiger partial charge in [-0.25, -0.2) is 8.78 Å². The average Bonchev–Trinajstić information content (AvgIpc) is 2.03. The van der Waals surface area contributed by atoms with E-state index in [1.165, 1.54) is 6.08 Å². The van der Waals surface area contributed by atoms with Gasteiger partial charge in [-0.2, -0.15) is 0 Å². The highest BCUT2D eigenvalue weighted by Gasteiger charge is 1.95. The van der Waals surface area contributed by atoms with Crippen LogP contribution < -0.4 is 0 Å². The predicted molar refractivity (Wildman–Crippen MR) is 48.1 cm³/mol. The molecular formula is C10H14F2. The first-order chi connectivity index (χ1) is 5.68. The van der Waals surface area contributed by atoms with Crippen molar-refractivity contribution in [3.05, 3.63) is 36.5 Å². The molecular weight excluding hydrogens is 158 g/mol. The van der Waals surface area contributed by atoms with Crippen LogP contribution in [0.1, 0.15) is 26.2 Å². The molecule has 0 aliphatic heterocycles. The third kappa shape index (κ3) is 5.83. The van der Waals surface area contributed by atoms with Crippen LogP contribution in [-0.2, 0) is 0 Å². The van der Waals surface area contributed by atoms with Crippen molar-refractivity contribution in [1.29, 1.82) is 0 Å². The summed E-state index contributed by atoms with van der Waals surface area (Å²) in [6.45, 7) is 4.90. The fourth-order valence-electron chi connectivity index (χ4n) is 0.663. The molecule has 0 nitrogen and oxygen atoms in total. The smallest absolute Gasteiger partial charge is 0.154 e. The molecule has 0 atom stereocenters. The second-order valence-electron chi connectivity index (χ2n) is 2.45. The molecule has 0 saturated carbocycles. The van der Waals surface area contributed by atoms with E-state index in [2.05, 4.69) is 13.5 Å². The summed E-state index contributed by atoms with van der Waals surface area (Å²) in [5, 5.41) is 0. The van der Waals surface area contributed by atoms with Crippen molar-refractivity contribution in [2.75, 3.05) is 0 Å². The molecule has 0 fully saturated rings. The first kappa shape index (κ1) is 11.1. The second kappa shape index (κ2) is 6.77. The van der Waals surface area contributed by atoms with Gasteiger partial charge >= 0.3 is 0 Å². The minimum absolute atomic E-state index is 0.425. The van der Waals surface area contributed by atoms with Gasteiger partial charge < -0.3 is 0 Å². The maximum absolute atomic E-state index is 12.4. The summed E-state index contributed by atoms with van der Waals surface area (Å²) in [7, 11) is 0. The van der Waals surface area contributed by atoms with Crippen molar-refractivity contribution >= 4 is 0 Å². The molecule has 0 aromatic carbocycles. The zero-order valence-electron chi connectivity index (χ0n) is 7.32. The maximum Gasteiger partial charge on any atom is 0.154 e. The standard InChI is InChI=1S/C10H14F2/c1-3-4-5-6-7-8-10(12)9(2)11/h5-6,8H,2-4,7H2,1H3/b6-5?,10-8+. The number of unbranched alkanes of at least 4 members (excludes halogenated alkanes) is 1. The molecule has 0 N–H and O–H groups in total. The van der Waals surface area contributed by atoms with Gasteiger partial charge in [-0.1, -0.05) is 32.1 Å². The van der Waals surface area contributed by atoms with Gasteiger partial charge in [0.25, 0.3) is 0 Å². The summed E-state index contributed by atoms with van der Waals surface area (Å²) in [6.07, 6.45) is 7.41. The summed E-state index contributed by atoms with van der Waals surface area (Å²) in [4.78, 5) is 0. The van der Waals surface area contributed by atoms with E-state index in [0.29, 0.717) is 6.42 Å². The van der Waals surface area contributed by atoms with E-state index in [9.17, 15) is 8.78 Å². The Balaban J connectivity index is 3.66. The summed E-state index contributed by atoms with van der Waals surface area (Å²) >= 11 is 0. The van der Waals surface area contributed by atoms with Gasteiger partial charge in [0.05, 0.1) is 0 Å². The fourth-order valence-corrected chi connectivity index (χ4v) is 0.663. The first-order valence-electron chi connectivity index (χ1n) is 4.04. The molecule has 0 aliphatic rings. The van der Waals surface area contributed by atoms with Gasteiger partial charge in [0.15, 0.2) is 11.7 Å². The second-order valence-corrected chi connectivity index (χ2v) is 2.45. The molecule has 0 bridgehead atoms. The Morgan fingerprint density at radius 2 is 2.00 bits per heavy atom. The Labute approximate surface area is 72.3 Å². The molecule has 0 radical (unpaired) electrons. The Hall–Kier alpha value is -0.920. The van der Waals surface area contributed by atoms with Crippen molar-refractivity contribution in [3.8, 4) is 0 Å². The SMILES string of the molecule is C=C(F)/C(F)=C\CC=CCCC. The summed E-state index contributed by atoms with van der Waals surface area (Å²) in [5.41, 5.74) is 0. The number of rotatable bonds is 5. The number of allylic oxidation sites excluding steroid dienone is 5. The summed E-state index contributed by atoms with van der Waals surface area (Å²) in [5.74, 6) is -1.87. The third-order valence-corrected chi connectivity index (χ3v) is 1.31. The summed E-state index contributed by atoms with van der Waals surface area (Å²) in [6, 6.07) is 0. The van der Waals surface area contributed by atoms with E-state index >= 15 is 0 Å². The molecule has 0 aliphatic carbocycles. The quantitative estimate of drug-likeness (QED) is 0.433. The molecule has 0 saturated heterocycles. The zero-order valence-corrected chi connectivity index (χ0v) is 7.32. The highest BCUT2D eigenvalue weighted by atomic mass is 19.2. The number of halogens is 2. The molecule has 0 rings (SSSR count). The van der Waals surface area contributed by atoms with Crippen molar-refractivity contribution in [2.24, 2.45) is 0 Å². The van der Waals surface area contributed by atoms with Crippen molar-refractivity contribution in [3.63, 3.8) is 0 Å². The number of hydrogen-bond acceptors (Lipinski definition) is 0. The highest BCUT2D eigenvalue weighted by Crippen LogP contribution is 2.10. The van der Waals surface area contributed by atoms with E-state index in [-0.39, 0.29) is 0 Å². The predicted octanol–water partition coefficient (Wildman–Crippen LogP) is 4.07. The Bertz CT molecular complexity index is 190. The van der Waals surface area contributed by atoms with E-state index in [0.717, 1.165) is 12.8 Å². The zero-order chi connectivity index (χ0) is 9.40. The van der Waals surface area contributed by atoms with E-state index < -0.39 is 11.7 Å². The summed E-state index contributed by atoms with van der Waals surface area (Å²) < 4.78 is 24.4. The molecule has 0 unspecified atom stereocenters. The van der Waals surface area contributed by atoms with Crippen LogP contribution in [0.4, 0.5) is 8.78 Å². The molecule has 0 aromatic heterocycles. The largest absolute Gasteiger partial charge is 0.204 e. The third-order valence-electron chi connectivity index (χ3n) is 1.31. The fraction of sp³-hybridized carbons (Fsp3) is 0.400. The van der Waals surface area contributed by atoms with Crippen LogP contribution in [0.3, 0.4) is 0 Å². The van der Waals surface area contributed by atoms with Crippen LogP contribution >= 0.6 is 0 Å². The Morgan fingerprint density at radius 1 is 1.33 bits per heavy atom. The van der Waals surface area contributed by atoms with Gasteiger partial charge in [-0.05, 0) is 18.9 Å². The van der Waals surface area contributed by atoms with Crippen molar-refractivity contribution in [1.82, 2.24) is 0 Å². The maximum atomic E-state index is 12.4. The molecule has 0 amide bonds. The molecule has 0 heterocycles. The minimum Gasteiger partial charge on any atom is -0.204 e. The monoisotopic (exact) mass is 172 g/mol. The minimum atomic E-state index is -1.00. The lowest BCUT2D eigenvalue weighted by molar-refractivity contribution is 0.545. The van der Waals surface area contributed by atoms with Gasteiger partial charge in [-0.3, -0.25) is 0 Å². The topological polar surface area (TPSA) is 0 Å². The van der Waals surface area contributed by atoms with Crippen LogP contribution in [0.2, 0.25) is 0 Å². The molecule has 2 heteroatoms. The average molecular weight is 172 g/mol. The number of hydrogen-bond donors (Lipinski definition) is 0. The lowest BCUT2D eigenvalue weighted by Crippen LogP contribution is -1.71. The van der Waals surface area contributed by atoms with E-state index in [1.54, 1.807) is 0 Å². The van der Waals surface area contributed by atoms with Crippen LogP contribution in [0.15, 0.2) is 36.5 Å². The highest BCUT2D eigenvalue weighted by molar-refractivity contribution is 5.15. The molecule has 12 heavy (non-hydrogen) atoms. The van der Waals surface area contributed by atoms with E-state index in [1.807, 2.05) is 12.2 Å². The van der Waals surface area contributed by atoms with Crippen molar-refractivity contribution < 1.29 is 8.78 Å². The normalized spacial score (nSPS) is 12.4. The Morgan fingerprint density at radius 3 is 2.50 bits per heavy atom. The van der Waals surface area contributed by atoms with Gasteiger partial charge in [-0.15, -0.1) is 0 Å². The molecule has 0 aromatic rings. The molecule has 0 spiro atoms. The Kier molecular flexibility index (Phi) is 6.25. The van der Waals surface area contributed by atoms with Gasteiger partial charge in [0.1, 0.15) is 0 Å². The van der Waals surface area contributed by atoms with Crippen molar-refractivity contribution in [2.45, 2.75) is 26.2 Å². The lowest BCUT2D eigenvalue weighted by atomic mass is 10.2. The van der Waals surface area contributed by atoms with E-state index in [4.69, 9.17) is 0 Å². The van der Waals surface area contributed by atoms with Gasteiger partial charge in [0, 0.05) is 0 Å². The first-order valence-corrected chi connectivity index (χ1v) is 4.04. The van der Waals surface area contributed by atoms with Crippen LogP contribution in [-0.4, -0.2) is 0 Å². The molecule has 68 valence electrons. The van der Waals surface area contributed by atoms with Crippen LogP contribution in [0.5, 0.6) is 0 Å². The van der Waals surface area contributed by atoms with Crippen LogP contribution in [0, 0.1) is 0 Å². The van der Waals surface area contributed by atoms with Gasteiger partial charge in [0.2, 0.25) is 0 Å². The lowest BCUT2D eigenvalue weighted by Gasteiger charge is -1.88. The van der Waals surface area contributed by atoms with Crippen LogP contribution in [0.25, 0.3) is 0 Å².